The van der Waals surface area contributed by atoms with Crippen LogP contribution in [0.2, 0.25) is 0 Å². The van der Waals surface area contributed by atoms with Gasteiger partial charge in [0.05, 0.1) is 37.1 Å². The number of hydrogen-bond donors (Lipinski definition) is 2. The average molecular weight is 339 g/mol. The van der Waals surface area contributed by atoms with Gasteiger partial charge in [-0.25, -0.2) is 9.97 Å². The van der Waals surface area contributed by atoms with E-state index in [1.165, 1.54) is 0 Å². The topological polar surface area (TPSA) is 76.5 Å². The third-order valence-electron chi connectivity index (χ3n) is 3.97. The summed E-state index contributed by atoms with van der Waals surface area (Å²) in [5.41, 5.74) is 3.15. The van der Waals surface area contributed by atoms with Gasteiger partial charge in [0.1, 0.15) is 17.3 Å². The van der Waals surface area contributed by atoms with Gasteiger partial charge in [-0.2, -0.15) is 0 Å². The van der Waals surface area contributed by atoms with Crippen LogP contribution in [-0.4, -0.2) is 35.8 Å². The quantitative estimate of drug-likeness (QED) is 0.719. The molecule has 0 aliphatic rings. The number of aliphatic hydroxyl groups is 1. The van der Waals surface area contributed by atoms with Crippen molar-refractivity contribution in [2.75, 3.05) is 26.1 Å². The summed E-state index contributed by atoms with van der Waals surface area (Å²) in [4.78, 5) is 9.11. The van der Waals surface area contributed by atoms with E-state index >= 15 is 0 Å². The lowest BCUT2D eigenvalue weighted by Gasteiger charge is -2.16. The van der Waals surface area contributed by atoms with Crippen molar-refractivity contribution >= 4 is 16.9 Å². The van der Waals surface area contributed by atoms with Crippen LogP contribution in [0.1, 0.15) is 17.4 Å². The summed E-state index contributed by atoms with van der Waals surface area (Å²) in [6, 6.07) is 13.0. The number of para-hydroxylation sites is 2. The molecule has 6 heteroatoms. The number of ether oxygens (including phenoxy) is 2. The Morgan fingerprint density at radius 2 is 1.60 bits per heavy atom. The first-order chi connectivity index (χ1) is 12.1. The minimum Gasteiger partial charge on any atom is -0.497 e. The molecule has 2 aromatic carbocycles. The zero-order valence-electron chi connectivity index (χ0n) is 14.5. The Kier molecular flexibility index (Phi) is 5.00. The Bertz CT molecular complexity index is 861. The summed E-state index contributed by atoms with van der Waals surface area (Å²) in [6.45, 7) is 2.19. The van der Waals surface area contributed by atoms with Crippen LogP contribution in [0, 0.1) is 6.92 Å². The van der Waals surface area contributed by atoms with Gasteiger partial charge in [-0.1, -0.05) is 12.1 Å². The molecular weight excluding hydrogens is 318 g/mol. The zero-order chi connectivity index (χ0) is 17.8. The Hall–Kier alpha value is -2.86. The van der Waals surface area contributed by atoms with Gasteiger partial charge in [0.25, 0.3) is 0 Å². The van der Waals surface area contributed by atoms with Crippen molar-refractivity contribution in [3.63, 3.8) is 0 Å². The molecule has 0 aliphatic heterocycles. The fraction of sp³-hybridized carbons (Fsp3) is 0.263. The molecule has 25 heavy (non-hydrogen) atoms. The highest BCUT2D eigenvalue weighted by atomic mass is 16.5. The molecule has 3 rings (SSSR count). The van der Waals surface area contributed by atoms with Crippen LogP contribution >= 0.6 is 0 Å². The van der Waals surface area contributed by atoms with Crippen LogP contribution < -0.4 is 14.8 Å². The highest BCUT2D eigenvalue weighted by molar-refractivity contribution is 5.76. The Morgan fingerprint density at radius 1 is 1.00 bits per heavy atom. The highest BCUT2D eigenvalue weighted by Crippen LogP contribution is 2.27. The second-order valence-electron chi connectivity index (χ2n) is 5.69. The average Bonchev–Trinajstić information content (AvgIpc) is 2.65. The molecule has 0 saturated heterocycles. The lowest BCUT2D eigenvalue weighted by molar-refractivity contribution is 0.190. The molecule has 0 radical (unpaired) electrons. The monoisotopic (exact) mass is 339 g/mol. The number of aromatic nitrogens is 2. The molecule has 0 saturated carbocycles. The fourth-order valence-electron chi connectivity index (χ4n) is 2.59. The first-order valence-corrected chi connectivity index (χ1v) is 7.99. The van der Waals surface area contributed by atoms with E-state index in [9.17, 15) is 5.11 Å². The van der Waals surface area contributed by atoms with Crippen LogP contribution in [0.25, 0.3) is 11.0 Å². The molecule has 0 fully saturated rings. The van der Waals surface area contributed by atoms with E-state index in [1.807, 2.05) is 31.2 Å². The van der Waals surface area contributed by atoms with Crippen LogP contribution in [-0.2, 0) is 0 Å². The molecule has 1 aromatic heterocycles. The van der Waals surface area contributed by atoms with Crippen molar-refractivity contribution in [2.24, 2.45) is 0 Å². The number of nitrogens with zero attached hydrogens (tertiary/aromatic N) is 2. The molecule has 2 N–H and O–H groups in total. The lowest BCUT2D eigenvalue weighted by Crippen LogP contribution is -2.14. The number of anilines is 1. The Morgan fingerprint density at radius 3 is 2.20 bits per heavy atom. The van der Waals surface area contributed by atoms with E-state index in [1.54, 1.807) is 32.4 Å². The zero-order valence-corrected chi connectivity index (χ0v) is 14.5. The molecule has 0 aliphatic carbocycles. The normalized spacial score (nSPS) is 12.0. The van der Waals surface area contributed by atoms with Crippen molar-refractivity contribution < 1.29 is 14.6 Å². The second kappa shape index (κ2) is 7.36. The second-order valence-corrected chi connectivity index (χ2v) is 5.69. The van der Waals surface area contributed by atoms with Gasteiger partial charge >= 0.3 is 0 Å². The van der Waals surface area contributed by atoms with Crippen molar-refractivity contribution in [3.05, 3.63) is 53.7 Å². The maximum Gasteiger partial charge on any atom is 0.148 e. The summed E-state index contributed by atoms with van der Waals surface area (Å²) >= 11 is 0. The van der Waals surface area contributed by atoms with Crippen LogP contribution in [0.4, 0.5) is 5.82 Å². The highest BCUT2D eigenvalue weighted by Gasteiger charge is 2.13. The summed E-state index contributed by atoms with van der Waals surface area (Å²) < 4.78 is 10.5. The van der Waals surface area contributed by atoms with Crippen molar-refractivity contribution in [1.29, 1.82) is 0 Å². The fourth-order valence-corrected chi connectivity index (χ4v) is 2.59. The van der Waals surface area contributed by atoms with E-state index in [2.05, 4.69) is 15.3 Å². The van der Waals surface area contributed by atoms with E-state index < -0.39 is 6.10 Å². The summed E-state index contributed by atoms with van der Waals surface area (Å²) in [6.07, 6.45) is -0.739. The third-order valence-corrected chi connectivity index (χ3v) is 3.97. The molecule has 6 nitrogen and oxygen atoms in total. The van der Waals surface area contributed by atoms with Crippen LogP contribution in [0.5, 0.6) is 11.5 Å². The van der Waals surface area contributed by atoms with Crippen molar-refractivity contribution in [1.82, 2.24) is 9.97 Å². The first kappa shape index (κ1) is 17.0. The minimum absolute atomic E-state index is 0.296. The molecule has 1 unspecified atom stereocenters. The number of aryl methyl sites for hydroxylation is 1. The third kappa shape index (κ3) is 3.80. The minimum atomic E-state index is -0.739. The molecular formula is C19H21N3O3. The van der Waals surface area contributed by atoms with Crippen molar-refractivity contribution in [3.8, 4) is 11.5 Å². The Labute approximate surface area is 146 Å². The smallest absolute Gasteiger partial charge is 0.148 e. The number of fused-ring (bicyclic) bond motifs is 1. The van der Waals surface area contributed by atoms with E-state index in [0.29, 0.717) is 29.4 Å². The van der Waals surface area contributed by atoms with Crippen LogP contribution in [0.3, 0.4) is 0 Å². The van der Waals surface area contributed by atoms with Gasteiger partial charge in [-0.05, 0) is 36.8 Å². The number of hydrogen-bond acceptors (Lipinski definition) is 6. The molecule has 0 bridgehead atoms. The summed E-state index contributed by atoms with van der Waals surface area (Å²) in [5, 5.41) is 13.7. The number of methoxy groups -OCH3 is 2. The molecule has 3 aromatic rings. The SMILES string of the molecule is COc1cc(OC)cc(C(O)CNc2nc3ccccc3nc2C)c1. The number of aliphatic hydroxyl groups excluding tert-OH is 1. The first-order valence-electron chi connectivity index (χ1n) is 7.99. The number of benzene rings is 2. The van der Waals surface area contributed by atoms with E-state index in [0.717, 1.165) is 16.7 Å². The summed E-state index contributed by atoms with van der Waals surface area (Å²) in [5.74, 6) is 1.93. The molecule has 130 valence electrons. The van der Waals surface area contributed by atoms with E-state index in [-0.39, 0.29) is 0 Å². The van der Waals surface area contributed by atoms with Crippen LogP contribution in [0.15, 0.2) is 42.5 Å². The lowest BCUT2D eigenvalue weighted by atomic mass is 10.1. The molecule has 1 heterocycles. The molecule has 0 amide bonds. The summed E-state index contributed by atoms with van der Waals surface area (Å²) in [7, 11) is 3.16. The largest absolute Gasteiger partial charge is 0.497 e. The maximum atomic E-state index is 10.5. The van der Waals surface area contributed by atoms with Crippen molar-refractivity contribution in [2.45, 2.75) is 13.0 Å². The molecule has 1 atom stereocenters. The maximum absolute atomic E-state index is 10.5. The van der Waals surface area contributed by atoms with Gasteiger partial charge < -0.3 is 19.9 Å². The van der Waals surface area contributed by atoms with Gasteiger partial charge in [0.15, 0.2) is 0 Å². The molecule has 0 spiro atoms. The van der Waals surface area contributed by atoms with Gasteiger partial charge in [0, 0.05) is 12.6 Å². The van der Waals surface area contributed by atoms with Gasteiger partial charge in [0.2, 0.25) is 0 Å². The number of rotatable bonds is 6. The predicted molar refractivity (Wildman–Crippen MR) is 97.3 cm³/mol. The van der Waals surface area contributed by atoms with E-state index in [4.69, 9.17) is 9.47 Å². The predicted octanol–water partition coefficient (Wildman–Crippen LogP) is 3.10. The van der Waals surface area contributed by atoms with Gasteiger partial charge in [-0.15, -0.1) is 0 Å². The van der Waals surface area contributed by atoms with Gasteiger partial charge in [-0.3, -0.25) is 0 Å². The Balaban J connectivity index is 1.78. The number of nitrogens with one attached hydrogen (secondary N) is 1. The standard InChI is InChI=1S/C19H21N3O3/c1-12-19(22-17-7-5-4-6-16(17)21-12)20-11-18(23)13-8-14(24-2)10-15(9-13)25-3/h4-10,18,23H,11H2,1-3H3,(H,20,22).